The molecule has 0 amide bonds. The molecule has 0 bridgehead atoms. The van der Waals surface area contributed by atoms with Gasteiger partial charge in [-0.1, -0.05) is 30.2 Å². The second-order valence-electron chi connectivity index (χ2n) is 5.12. The van der Waals surface area contributed by atoms with E-state index in [0.29, 0.717) is 16.4 Å². The molecule has 0 atom stereocenters. The number of benzene rings is 1. The molecule has 4 nitrogen and oxygen atoms in total. The lowest BCUT2D eigenvalue weighted by Gasteiger charge is -2.05. The second-order valence-corrected chi connectivity index (χ2v) is 5.56. The van der Waals surface area contributed by atoms with E-state index in [1.807, 2.05) is 30.3 Å². The van der Waals surface area contributed by atoms with Crippen molar-refractivity contribution < 1.29 is 0 Å². The van der Waals surface area contributed by atoms with Gasteiger partial charge in [0.25, 0.3) is 0 Å². The predicted molar refractivity (Wildman–Crippen MR) is 82.5 cm³/mol. The van der Waals surface area contributed by atoms with E-state index in [1.165, 1.54) is 6.42 Å². The zero-order valence-corrected chi connectivity index (χ0v) is 12.3. The molecule has 0 radical (unpaired) electrons. The highest BCUT2D eigenvalue weighted by atomic mass is 35.5. The summed E-state index contributed by atoms with van der Waals surface area (Å²) >= 11 is 5.88. The molecule has 0 saturated carbocycles. The molecular formula is C16H15ClN4. The second kappa shape index (κ2) is 6.11. The quantitative estimate of drug-likeness (QED) is 0.794. The van der Waals surface area contributed by atoms with Gasteiger partial charge in [0.1, 0.15) is 11.9 Å². The third-order valence-electron chi connectivity index (χ3n) is 3.65. The van der Waals surface area contributed by atoms with Crippen LogP contribution in [0.5, 0.6) is 0 Å². The standard InChI is InChI=1S/C16H15ClN4/c17-14-7-5-12(6-8-14)10-13(11-18)16-20-19-15-4-2-1-3-9-21(15)16/h5-8,10H,1-4,9H2/b13-10+. The van der Waals surface area contributed by atoms with Crippen molar-refractivity contribution in [3.05, 3.63) is 46.5 Å². The molecular weight excluding hydrogens is 284 g/mol. The van der Waals surface area contributed by atoms with Gasteiger partial charge in [-0.25, -0.2) is 0 Å². The van der Waals surface area contributed by atoms with E-state index in [1.54, 1.807) is 0 Å². The van der Waals surface area contributed by atoms with Crippen LogP contribution in [-0.4, -0.2) is 14.8 Å². The predicted octanol–water partition coefficient (Wildman–Crippen LogP) is 3.72. The van der Waals surface area contributed by atoms with Crippen LogP contribution in [0, 0.1) is 11.3 Å². The molecule has 3 rings (SSSR count). The molecule has 2 heterocycles. The van der Waals surface area contributed by atoms with Crippen LogP contribution < -0.4 is 0 Å². The number of rotatable bonds is 2. The Balaban J connectivity index is 1.99. The van der Waals surface area contributed by atoms with E-state index < -0.39 is 0 Å². The fourth-order valence-corrected chi connectivity index (χ4v) is 2.68. The van der Waals surface area contributed by atoms with Crippen molar-refractivity contribution in [3.63, 3.8) is 0 Å². The Bertz CT molecular complexity index is 707. The number of fused-ring (bicyclic) bond motifs is 1. The summed E-state index contributed by atoms with van der Waals surface area (Å²) in [6.45, 7) is 0.886. The Kier molecular flexibility index (Phi) is 4.03. The summed E-state index contributed by atoms with van der Waals surface area (Å²) in [5, 5.41) is 18.6. The van der Waals surface area contributed by atoms with Gasteiger partial charge in [-0.05, 0) is 36.6 Å². The van der Waals surface area contributed by atoms with E-state index in [2.05, 4.69) is 20.8 Å². The number of hydrogen-bond donors (Lipinski definition) is 0. The summed E-state index contributed by atoms with van der Waals surface area (Å²) in [6, 6.07) is 9.64. The van der Waals surface area contributed by atoms with Crippen molar-refractivity contribution in [3.8, 4) is 6.07 Å². The number of nitriles is 1. The molecule has 0 aliphatic carbocycles. The van der Waals surface area contributed by atoms with Crippen LogP contribution in [0.15, 0.2) is 24.3 Å². The molecule has 0 N–H and O–H groups in total. The minimum absolute atomic E-state index is 0.540. The maximum absolute atomic E-state index is 9.46. The van der Waals surface area contributed by atoms with Crippen molar-refractivity contribution in [1.29, 1.82) is 5.26 Å². The summed E-state index contributed by atoms with van der Waals surface area (Å²) in [5.41, 5.74) is 1.47. The van der Waals surface area contributed by atoms with Crippen molar-refractivity contribution in [2.45, 2.75) is 32.2 Å². The molecule has 0 spiro atoms. The monoisotopic (exact) mass is 298 g/mol. The van der Waals surface area contributed by atoms with Crippen LogP contribution in [0.4, 0.5) is 0 Å². The first-order valence-electron chi connectivity index (χ1n) is 7.08. The van der Waals surface area contributed by atoms with E-state index in [4.69, 9.17) is 11.6 Å². The van der Waals surface area contributed by atoms with Gasteiger partial charge in [0, 0.05) is 18.0 Å². The minimum atomic E-state index is 0.540. The van der Waals surface area contributed by atoms with Crippen LogP contribution >= 0.6 is 11.6 Å². The number of aryl methyl sites for hydroxylation is 1. The maximum atomic E-state index is 9.46. The van der Waals surface area contributed by atoms with Gasteiger partial charge < -0.3 is 4.57 Å². The van der Waals surface area contributed by atoms with Gasteiger partial charge in [-0.3, -0.25) is 0 Å². The SMILES string of the molecule is N#C/C(=C\c1ccc(Cl)cc1)c1nnc2n1CCCCC2. The fourth-order valence-electron chi connectivity index (χ4n) is 2.56. The van der Waals surface area contributed by atoms with E-state index in [9.17, 15) is 5.26 Å². The molecule has 5 heteroatoms. The molecule has 0 saturated heterocycles. The molecule has 2 aromatic rings. The molecule has 21 heavy (non-hydrogen) atoms. The average Bonchev–Trinajstić information content (AvgIpc) is 2.75. The van der Waals surface area contributed by atoms with Crippen LogP contribution in [-0.2, 0) is 13.0 Å². The first kappa shape index (κ1) is 13.8. The minimum Gasteiger partial charge on any atom is -0.310 e. The molecule has 1 aromatic carbocycles. The Morgan fingerprint density at radius 2 is 2.00 bits per heavy atom. The highest BCUT2D eigenvalue weighted by Gasteiger charge is 2.17. The highest BCUT2D eigenvalue weighted by Crippen LogP contribution is 2.21. The highest BCUT2D eigenvalue weighted by molar-refractivity contribution is 6.30. The number of hydrogen-bond acceptors (Lipinski definition) is 3. The molecule has 1 aliphatic heterocycles. The van der Waals surface area contributed by atoms with Gasteiger partial charge >= 0.3 is 0 Å². The lowest BCUT2D eigenvalue weighted by Crippen LogP contribution is -2.05. The summed E-state index contributed by atoms with van der Waals surface area (Å²) in [4.78, 5) is 0. The fraction of sp³-hybridized carbons (Fsp3) is 0.312. The number of allylic oxidation sites excluding steroid dienone is 1. The molecule has 1 aromatic heterocycles. The summed E-state index contributed by atoms with van der Waals surface area (Å²) in [7, 11) is 0. The lowest BCUT2D eigenvalue weighted by atomic mass is 10.1. The Labute approximate surface area is 128 Å². The molecule has 0 unspecified atom stereocenters. The summed E-state index contributed by atoms with van der Waals surface area (Å²) < 4.78 is 2.08. The van der Waals surface area contributed by atoms with E-state index in [-0.39, 0.29) is 0 Å². The number of nitrogens with zero attached hydrogens (tertiary/aromatic N) is 4. The third kappa shape index (κ3) is 2.98. The van der Waals surface area contributed by atoms with Gasteiger partial charge in [-0.2, -0.15) is 5.26 Å². The zero-order valence-electron chi connectivity index (χ0n) is 11.6. The van der Waals surface area contributed by atoms with Crippen LogP contribution in [0.2, 0.25) is 5.02 Å². The molecule has 1 aliphatic rings. The van der Waals surface area contributed by atoms with E-state index >= 15 is 0 Å². The molecule has 0 fully saturated rings. The van der Waals surface area contributed by atoms with Crippen LogP contribution in [0.1, 0.15) is 36.5 Å². The van der Waals surface area contributed by atoms with Crippen molar-refractivity contribution in [2.75, 3.05) is 0 Å². The van der Waals surface area contributed by atoms with Crippen molar-refractivity contribution in [1.82, 2.24) is 14.8 Å². The normalized spacial score (nSPS) is 15.1. The van der Waals surface area contributed by atoms with Gasteiger partial charge in [-0.15, -0.1) is 10.2 Å². The average molecular weight is 299 g/mol. The summed E-state index contributed by atoms with van der Waals surface area (Å²) in [6.07, 6.45) is 6.22. The van der Waals surface area contributed by atoms with E-state index in [0.717, 1.165) is 37.2 Å². The van der Waals surface area contributed by atoms with Gasteiger partial charge in [0.2, 0.25) is 0 Å². The Morgan fingerprint density at radius 3 is 2.76 bits per heavy atom. The molecule has 106 valence electrons. The first-order chi connectivity index (χ1) is 10.3. The largest absolute Gasteiger partial charge is 0.310 e. The van der Waals surface area contributed by atoms with Crippen molar-refractivity contribution >= 4 is 23.3 Å². The number of halogens is 1. The summed E-state index contributed by atoms with van der Waals surface area (Å²) in [5.74, 6) is 1.66. The first-order valence-corrected chi connectivity index (χ1v) is 7.45. The Hall–Kier alpha value is -2.12. The zero-order chi connectivity index (χ0) is 14.7. The lowest BCUT2D eigenvalue weighted by molar-refractivity contribution is 0.627. The van der Waals surface area contributed by atoms with Crippen LogP contribution in [0.25, 0.3) is 11.6 Å². The van der Waals surface area contributed by atoms with Crippen molar-refractivity contribution in [2.24, 2.45) is 0 Å². The maximum Gasteiger partial charge on any atom is 0.174 e. The smallest absolute Gasteiger partial charge is 0.174 e. The topological polar surface area (TPSA) is 54.5 Å². The van der Waals surface area contributed by atoms with Crippen LogP contribution in [0.3, 0.4) is 0 Å². The van der Waals surface area contributed by atoms with Gasteiger partial charge in [0.15, 0.2) is 5.82 Å². The third-order valence-corrected chi connectivity index (χ3v) is 3.90. The number of aromatic nitrogens is 3. The van der Waals surface area contributed by atoms with Gasteiger partial charge in [0.05, 0.1) is 5.57 Å². The Morgan fingerprint density at radius 1 is 1.19 bits per heavy atom.